The van der Waals surface area contributed by atoms with E-state index >= 15 is 0 Å². The number of aliphatic imine (C=N–C) groups is 1. The second-order valence-corrected chi connectivity index (χ2v) is 12.7. The van der Waals surface area contributed by atoms with E-state index in [-0.39, 0.29) is 48.9 Å². The zero-order valence-electron chi connectivity index (χ0n) is 21.4. The van der Waals surface area contributed by atoms with Gasteiger partial charge in [-0.15, -0.1) is 0 Å². The van der Waals surface area contributed by atoms with Gasteiger partial charge in [-0.2, -0.15) is 0 Å². The van der Waals surface area contributed by atoms with Gasteiger partial charge in [-0.05, 0) is 81.0 Å². The average Bonchev–Trinajstić information content (AvgIpc) is 3.14. The number of carbonyl (C=O) groups is 2. The maximum atomic E-state index is 13.1. The number of hydrogen-bond acceptors (Lipinski definition) is 5. The molecule has 1 spiro atoms. The third kappa shape index (κ3) is 6.54. The fraction of sp³-hybridized carbons (Fsp3) is 0.654. The van der Waals surface area contributed by atoms with Crippen molar-refractivity contribution in [3.63, 3.8) is 0 Å². The van der Waals surface area contributed by atoms with Crippen LogP contribution in [0.2, 0.25) is 0 Å². The lowest BCUT2D eigenvalue weighted by molar-refractivity contribution is -0.125. The Balaban J connectivity index is 1.32. The Labute approximate surface area is 217 Å². The maximum absolute atomic E-state index is 13.1. The van der Waals surface area contributed by atoms with Crippen molar-refractivity contribution in [1.82, 2.24) is 9.62 Å². The van der Waals surface area contributed by atoms with Gasteiger partial charge in [0.2, 0.25) is 22.4 Å². The summed E-state index contributed by atoms with van der Waals surface area (Å²) in [5, 5.41) is 5.65. The van der Waals surface area contributed by atoms with Gasteiger partial charge in [0.05, 0.1) is 5.75 Å². The third-order valence-electron chi connectivity index (χ3n) is 7.98. The molecule has 0 atom stereocenters. The topological polar surface area (TPSA) is 108 Å². The fourth-order valence-corrected chi connectivity index (χ4v) is 7.23. The molecule has 0 aromatic heterocycles. The second-order valence-electron chi connectivity index (χ2n) is 10.6. The van der Waals surface area contributed by atoms with Crippen molar-refractivity contribution in [3.05, 3.63) is 29.3 Å². The number of carbonyl (C=O) groups excluding carboxylic acids is 2. The van der Waals surface area contributed by atoms with Crippen LogP contribution in [0, 0.1) is 18.8 Å². The molecule has 2 fully saturated rings. The van der Waals surface area contributed by atoms with E-state index in [1.54, 1.807) is 6.07 Å². The molecule has 0 bridgehead atoms. The normalized spacial score (nSPS) is 24.2. The summed E-state index contributed by atoms with van der Waals surface area (Å²) in [6, 6.07) is 5.43. The molecule has 0 unspecified atom stereocenters. The molecule has 2 N–H and O–H groups in total. The molecule has 1 aromatic rings. The molecule has 204 valence electrons. The van der Waals surface area contributed by atoms with Gasteiger partial charge >= 0.3 is 0 Å². The first kappa shape index (κ1) is 27.6. The van der Waals surface area contributed by atoms with Crippen LogP contribution in [-0.2, 0) is 26.0 Å². The number of nitrogens with one attached hydrogen (secondary N) is 2. The average molecular weight is 539 g/mol. The predicted octanol–water partition coefficient (Wildman–Crippen LogP) is 3.65. The summed E-state index contributed by atoms with van der Waals surface area (Å²) in [4.78, 5) is 28.9. The van der Waals surface area contributed by atoms with Crippen molar-refractivity contribution >= 4 is 33.4 Å². The molecular formula is C26H36F2N4O4S. The van der Waals surface area contributed by atoms with Crippen molar-refractivity contribution in [2.24, 2.45) is 16.8 Å². The molecular weight excluding hydrogens is 502 g/mol. The molecule has 1 saturated heterocycles. The number of amidine groups is 1. The smallest absolute Gasteiger partial charge is 0.253 e. The minimum Gasteiger partial charge on any atom is -0.326 e. The van der Waals surface area contributed by atoms with Gasteiger partial charge < -0.3 is 10.6 Å². The van der Waals surface area contributed by atoms with Gasteiger partial charge in [0, 0.05) is 38.0 Å². The lowest BCUT2D eigenvalue weighted by atomic mass is 9.80. The highest BCUT2D eigenvalue weighted by atomic mass is 32.2. The van der Waals surface area contributed by atoms with Crippen LogP contribution in [0.1, 0.15) is 63.0 Å². The summed E-state index contributed by atoms with van der Waals surface area (Å²) in [6.45, 7) is 3.78. The van der Waals surface area contributed by atoms with E-state index in [2.05, 4.69) is 10.6 Å². The largest absolute Gasteiger partial charge is 0.326 e. The Bertz CT molecular complexity index is 1160. The Kier molecular flexibility index (Phi) is 8.32. The van der Waals surface area contributed by atoms with Crippen LogP contribution in [0.25, 0.3) is 0 Å². The number of sulfonamides is 1. The van der Waals surface area contributed by atoms with Crippen LogP contribution >= 0.6 is 0 Å². The quantitative estimate of drug-likeness (QED) is 0.527. The minimum atomic E-state index is -3.52. The van der Waals surface area contributed by atoms with Crippen LogP contribution in [-0.4, -0.2) is 61.2 Å². The highest BCUT2D eigenvalue weighted by Crippen LogP contribution is 2.37. The number of halogens is 2. The van der Waals surface area contributed by atoms with Crippen LogP contribution < -0.4 is 10.6 Å². The van der Waals surface area contributed by atoms with Crippen molar-refractivity contribution in [1.29, 1.82) is 0 Å². The molecule has 3 aliphatic rings. The Morgan fingerprint density at radius 1 is 1.22 bits per heavy atom. The number of alkyl halides is 2. The zero-order chi connectivity index (χ0) is 26.8. The molecule has 2 aliphatic heterocycles. The molecule has 1 aromatic carbocycles. The van der Waals surface area contributed by atoms with E-state index in [0.29, 0.717) is 43.6 Å². The Morgan fingerprint density at radius 2 is 1.89 bits per heavy atom. The summed E-state index contributed by atoms with van der Waals surface area (Å²) < 4.78 is 53.0. The molecule has 4 rings (SSSR count). The lowest BCUT2D eigenvalue weighted by Gasteiger charge is -2.34. The number of amides is 2. The number of aryl methyl sites for hydroxylation is 2. The molecule has 1 aliphatic carbocycles. The van der Waals surface area contributed by atoms with Gasteiger partial charge in [0.15, 0.2) is 0 Å². The SMILES string of the molecule is CC(=O)Nc1ccc(CCS(=O)(=O)N2CCC3(CC2)N=C([C@H]2CC[C@H](CC(F)F)CC2)NC3=O)c(C)c1. The molecule has 0 radical (unpaired) electrons. The summed E-state index contributed by atoms with van der Waals surface area (Å²) in [6.07, 6.45) is 1.54. The Hall–Kier alpha value is -2.40. The molecule has 11 heteroatoms. The standard InChI is InChI=1S/C26H36F2N4O4S/c1-17-15-22(29-18(2)33)8-7-20(17)9-14-37(35,36)32-12-10-26(11-13-32)25(34)30-24(31-26)21-5-3-19(4-6-21)16-23(27)28/h7-8,15,19,21,23H,3-6,9-14,16H2,1-2H3,(H,29,33)(H,30,31,34)/t19-,21-. The molecule has 1 saturated carbocycles. The van der Waals surface area contributed by atoms with E-state index < -0.39 is 22.0 Å². The van der Waals surface area contributed by atoms with Crippen LogP contribution in [0.5, 0.6) is 0 Å². The summed E-state index contributed by atoms with van der Waals surface area (Å²) in [5.41, 5.74) is 1.55. The highest BCUT2D eigenvalue weighted by Gasteiger charge is 2.48. The van der Waals surface area contributed by atoms with Gasteiger partial charge in [-0.1, -0.05) is 6.07 Å². The van der Waals surface area contributed by atoms with Crippen molar-refractivity contribution in [2.45, 2.75) is 77.2 Å². The molecule has 2 amide bonds. The highest BCUT2D eigenvalue weighted by molar-refractivity contribution is 7.89. The van der Waals surface area contributed by atoms with Gasteiger partial charge in [0.1, 0.15) is 11.4 Å². The van der Waals surface area contributed by atoms with E-state index in [9.17, 15) is 26.8 Å². The van der Waals surface area contributed by atoms with Crippen molar-refractivity contribution in [2.75, 3.05) is 24.2 Å². The summed E-state index contributed by atoms with van der Waals surface area (Å²) >= 11 is 0. The number of rotatable bonds is 8. The van der Waals surface area contributed by atoms with Crippen LogP contribution in [0.15, 0.2) is 23.2 Å². The number of hydrogen-bond donors (Lipinski definition) is 2. The van der Waals surface area contributed by atoms with Crippen molar-refractivity contribution < 1.29 is 26.8 Å². The van der Waals surface area contributed by atoms with Crippen LogP contribution in [0.3, 0.4) is 0 Å². The van der Waals surface area contributed by atoms with Gasteiger partial charge in [0.25, 0.3) is 5.91 Å². The van der Waals surface area contributed by atoms with E-state index in [1.807, 2.05) is 19.1 Å². The van der Waals surface area contributed by atoms with Gasteiger partial charge in [-0.25, -0.2) is 21.5 Å². The number of nitrogens with zero attached hydrogens (tertiary/aromatic N) is 2. The van der Waals surface area contributed by atoms with Gasteiger partial charge in [-0.3, -0.25) is 14.6 Å². The number of piperidine rings is 1. The monoisotopic (exact) mass is 538 g/mol. The Morgan fingerprint density at radius 3 is 2.49 bits per heavy atom. The third-order valence-corrected chi connectivity index (χ3v) is 9.85. The second kappa shape index (κ2) is 11.1. The summed E-state index contributed by atoms with van der Waals surface area (Å²) in [5.74, 6) is 0.360. The van der Waals surface area contributed by atoms with E-state index in [4.69, 9.17) is 4.99 Å². The fourth-order valence-electron chi connectivity index (χ4n) is 5.76. The molecule has 8 nitrogen and oxygen atoms in total. The number of anilines is 1. The first-order chi connectivity index (χ1) is 17.5. The van der Waals surface area contributed by atoms with E-state index in [1.165, 1.54) is 11.2 Å². The maximum Gasteiger partial charge on any atom is 0.253 e. The van der Waals surface area contributed by atoms with Crippen LogP contribution in [0.4, 0.5) is 14.5 Å². The van der Waals surface area contributed by atoms with Crippen molar-refractivity contribution in [3.8, 4) is 0 Å². The first-order valence-corrected chi connectivity index (χ1v) is 14.6. The zero-order valence-corrected chi connectivity index (χ0v) is 22.3. The lowest BCUT2D eigenvalue weighted by Crippen LogP contribution is -2.51. The summed E-state index contributed by atoms with van der Waals surface area (Å²) in [7, 11) is -3.52. The minimum absolute atomic E-state index is 0.0234. The van der Waals surface area contributed by atoms with E-state index in [0.717, 1.165) is 24.0 Å². The first-order valence-electron chi connectivity index (χ1n) is 13.0. The number of benzene rings is 1. The predicted molar refractivity (Wildman–Crippen MR) is 138 cm³/mol. The molecule has 37 heavy (non-hydrogen) atoms. The molecule has 2 heterocycles.